The van der Waals surface area contributed by atoms with E-state index >= 15 is 0 Å². The van der Waals surface area contributed by atoms with Crippen molar-refractivity contribution < 1.29 is 4.39 Å². The summed E-state index contributed by atoms with van der Waals surface area (Å²) < 4.78 is 13.3. The first-order chi connectivity index (χ1) is 9.74. The SMILES string of the molecule is N#Cc1cc(F)cc(CNCC2CCN(C3CC3)C2)c1. The molecule has 0 amide bonds. The van der Waals surface area contributed by atoms with Crippen molar-refractivity contribution in [3.05, 3.63) is 35.1 Å². The molecule has 0 bridgehead atoms. The molecule has 0 aromatic heterocycles. The van der Waals surface area contributed by atoms with Crippen molar-refractivity contribution in [3.8, 4) is 6.07 Å². The van der Waals surface area contributed by atoms with E-state index in [9.17, 15) is 4.39 Å². The highest BCUT2D eigenvalue weighted by Gasteiger charge is 2.33. The molecule has 1 unspecified atom stereocenters. The van der Waals surface area contributed by atoms with Crippen molar-refractivity contribution in [2.24, 2.45) is 5.92 Å². The first kappa shape index (κ1) is 13.5. The summed E-state index contributed by atoms with van der Waals surface area (Å²) in [6.07, 6.45) is 4.01. The standard InChI is InChI=1S/C16H20FN3/c17-15-6-13(8-18)5-14(7-15)10-19-9-12-3-4-20(11-12)16-1-2-16/h5-7,12,16,19H,1-4,9-11H2. The zero-order chi connectivity index (χ0) is 13.9. The van der Waals surface area contributed by atoms with Gasteiger partial charge in [0.2, 0.25) is 0 Å². The Labute approximate surface area is 119 Å². The molecule has 4 heteroatoms. The van der Waals surface area contributed by atoms with Crippen LogP contribution in [0.15, 0.2) is 18.2 Å². The summed E-state index contributed by atoms with van der Waals surface area (Å²) in [7, 11) is 0. The molecular weight excluding hydrogens is 253 g/mol. The molecule has 1 aromatic carbocycles. The summed E-state index contributed by atoms with van der Waals surface area (Å²) in [5.41, 5.74) is 1.24. The topological polar surface area (TPSA) is 39.1 Å². The van der Waals surface area contributed by atoms with E-state index in [0.29, 0.717) is 18.0 Å². The van der Waals surface area contributed by atoms with Crippen molar-refractivity contribution >= 4 is 0 Å². The highest BCUT2D eigenvalue weighted by atomic mass is 19.1. The van der Waals surface area contributed by atoms with Crippen molar-refractivity contribution in [3.63, 3.8) is 0 Å². The van der Waals surface area contributed by atoms with Gasteiger partial charge in [-0.15, -0.1) is 0 Å². The molecule has 0 spiro atoms. The van der Waals surface area contributed by atoms with Crippen LogP contribution >= 0.6 is 0 Å². The van der Waals surface area contributed by atoms with Gasteiger partial charge in [-0.1, -0.05) is 0 Å². The molecule has 106 valence electrons. The van der Waals surface area contributed by atoms with Gasteiger partial charge in [-0.2, -0.15) is 5.26 Å². The number of hydrogen-bond donors (Lipinski definition) is 1. The van der Waals surface area contributed by atoms with Crippen LogP contribution in [0.3, 0.4) is 0 Å². The van der Waals surface area contributed by atoms with Gasteiger partial charge < -0.3 is 10.2 Å². The summed E-state index contributed by atoms with van der Waals surface area (Å²) in [5, 5.41) is 12.2. The Bertz CT molecular complexity index is 519. The number of nitriles is 1. The van der Waals surface area contributed by atoms with Crippen molar-refractivity contribution in [2.75, 3.05) is 19.6 Å². The Morgan fingerprint density at radius 1 is 1.30 bits per heavy atom. The van der Waals surface area contributed by atoms with E-state index < -0.39 is 0 Å². The van der Waals surface area contributed by atoms with Crippen LogP contribution in [0, 0.1) is 23.1 Å². The Kier molecular flexibility index (Phi) is 4.00. The minimum absolute atomic E-state index is 0.332. The average Bonchev–Trinajstić information content (AvgIpc) is 3.18. The smallest absolute Gasteiger partial charge is 0.124 e. The van der Waals surface area contributed by atoms with E-state index in [-0.39, 0.29) is 5.82 Å². The zero-order valence-electron chi connectivity index (χ0n) is 11.6. The Morgan fingerprint density at radius 2 is 2.15 bits per heavy atom. The molecule has 1 aliphatic carbocycles. The normalized spacial score (nSPS) is 22.9. The maximum atomic E-state index is 13.3. The van der Waals surface area contributed by atoms with E-state index in [1.165, 1.54) is 44.5 Å². The van der Waals surface area contributed by atoms with Gasteiger partial charge in [0.1, 0.15) is 5.82 Å². The first-order valence-corrected chi connectivity index (χ1v) is 7.39. The van der Waals surface area contributed by atoms with Gasteiger partial charge in [0.15, 0.2) is 0 Å². The third kappa shape index (κ3) is 3.36. The molecule has 0 radical (unpaired) electrons. The van der Waals surface area contributed by atoms with Crippen molar-refractivity contribution in [2.45, 2.75) is 31.8 Å². The van der Waals surface area contributed by atoms with Gasteiger partial charge in [-0.05, 0) is 62.0 Å². The average molecular weight is 273 g/mol. The Balaban J connectivity index is 1.45. The number of nitrogens with one attached hydrogen (secondary N) is 1. The predicted octanol–water partition coefficient (Wildman–Crippen LogP) is 2.27. The highest BCUT2D eigenvalue weighted by Crippen LogP contribution is 2.31. The molecule has 1 saturated heterocycles. The predicted molar refractivity (Wildman–Crippen MR) is 75.5 cm³/mol. The molecule has 1 heterocycles. The molecule has 2 fully saturated rings. The zero-order valence-corrected chi connectivity index (χ0v) is 11.6. The van der Waals surface area contributed by atoms with E-state index in [4.69, 9.17) is 5.26 Å². The number of likely N-dealkylation sites (tertiary alicyclic amines) is 1. The van der Waals surface area contributed by atoms with Crippen LogP contribution in [0.1, 0.15) is 30.4 Å². The summed E-state index contributed by atoms with van der Waals surface area (Å²) in [4.78, 5) is 2.60. The summed E-state index contributed by atoms with van der Waals surface area (Å²) >= 11 is 0. The lowest BCUT2D eigenvalue weighted by Gasteiger charge is -2.15. The van der Waals surface area contributed by atoms with E-state index in [1.807, 2.05) is 6.07 Å². The maximum Gasteiger partial charge on any atom is 0.124 e. The van der Waals surface area contributed by atoms with Crippen LogP contribution < -0.4 is 5.32 Å². The van der Waals surface area contributed by atoms with Gasteiger partial charge in [-0.3, -0.25) is 0 Å². The van der Waals surface area contributed by atoms with Crippen LogP contribution in [-0.2, 0) is 6.54 Å². The molecule has 20 heavy (non-hydrogen) atoms. The summed E-state index contributed by atoms with van der Waals surface area (Å²) in [5.74, 6) is 0.376. The molecular formula is C16H20FN3. The second-order valence-corrected chi connectivity index (χ2v) is 5.97. The van der Waals surface area contributed by atoms with Crippen LogP contribution in [-0.4, -0.2) is 30.6 Å². The molecule has 1 N–H and O–H groups in total. The van der Waals surface area contributed by atoms with E-state index in [0.717, 1.165) is 18.2 Å². The summed E-state index contributed by atoms with van der Waals surface area (Å²) in [6.45, 7) is 4.04. The maximum absolute atomic E-state index is 13.3. The number of rotatable bonds is 5. The van der Waals surface area contributed by atoms with Gasteiger partial charge >= 0.3 is 0 Å². The Hall–Kier alpha value is -1.44. The molecule has 1 saturated carbocycles. The van der Waals surface area contributed by atoms with Gasteiger partial charge in [0, 0.05) is 19.1 Å². The second-order valence-electron chi connectivity index (χ2n) is 5.97. The number of benzene rings is 1. The molecule has 1 aromatic rings. The molecule has 1 atom stereocenters. The van der Waals surface area contributed by atoms with Crippen LogP contribution in [0.5, 0.6) is 0 Å². The number of halogens is 1. The number of hydrogen-bond acceptors (Lipinski definition) is 3. The van der Waals surface area contributed by atoms with Gasteiger partial charge in [-0.25, -0.2) is 4.39 Å². The molecule has 1 aliphatic heterocycles. The van der Waals surface area contributed by atoms with Gasteiger partial charge in [0.05, 0.1) is 11.6 Å². The van der Waals surface area contributed by atoms with Crippen LogP contribution in [0.2, 0.25) is 0 Å². The molecule has 3 nitrogen and oxygen atoms in total. The minimum Gasteiger partial charge on any atom is -0.312 e. The van der Waals surface area contributed by atoms with Crippen LogP contribution in [0.4, 0.5) is 4.39 Å². The van der Waals surface area contributed by atoms with Crippen molar-refractivity contribution in [1.82, 2.24) is 10.2 Å². The summed E-state index contributed by atoms with van der Waals surface area (Å²) in [6, 6.07) is 7.37. The van der Waals surface area contributed by atoms with E-state index in [2.05, 4.69) is 10.2 Å². The highest BCUT2D eigenvalue weighted by molar-refractivity contribution is 5.33. The third-order valence-corrected chi connectivity index (χ3v) is 4.23. The lowest BCUT2D eigenvalue weighted by Crippen LogP contribution is -2.27. The molecule has 3 rings (SSSR count). The lowest BCUT2D eigenvalue weighted by molar-refractivity contribution is 0.312. The minimum atomic E-state index is -0.332. The van der Waals surface area contributed by atoms with Gasteiger partial charge in [0.25, 0.3) is 0 Å². The Morgan fingerprint density at radius 3 is 2.90 bits per heavy atom. The largest absolute Gasteiger partial charge is 0.312 e. The fraction of sp³-hybridized carbons (Fsp3) is 0.562. The lowest BCUT2D eigenvalue weighted by atomic mass is 10.1. The third-order valence-electron chi connectivity index (χ3n) is 4.23. The molecule has 2 aliphatic rings. The van der Waals surface area contributed by atoms with E-state index in [1.54, 1.807) is 6.07 Å². The second kappa shape index (κ2) is 5.90. The fourth-order valence-corrected chi connectivity index (χ4v) is 3.04. The first-order valence-electron chi connectivity index (χ1n) is 7.39. The monoisotopic (exact) mass is 273 g/mol. The fourth-order valence-electron chi connectivity index (χ4n) is 3.04. The van der Waals surface area contributed by atoms with Crippen LogP contribution in [0.25, 0.3) is 0 Å². The quantitative estimate of drug-likeness (QED) is 0.894. The number of nitrogens with zero attached hydrogens (tertiary/aromatic N) is 2. The van der Waals surface area contributed by atoms with Crippen molar-refractivity contribution in [1.29, 1.82) is 5.26 Å².